The number of hydrogen-bond acceptors (Lipinski definition) is 3. The highest BCUT2D eigenvalue weighted by Crippen LogP contribution is 2.14. The quantitative estimate of drug-likeness (QED) is 0.883. The summed E-state index contributed by atoms with van der Waals surface area (Å²) in [5.41, 5.74) is 1.34. The highest BCUT2D eigenvalue weighted by Gasteiger charge is 2.23. The number of nitriles is 1. The predicted octanol–water partition coefficient (Wildman–Crippen LogP) is 1.98. The highest BCUT2D eigenvalue weighted by molar-refractivity contribution is 5.94. The molecule has 94 valence electrons. The fourth-order valence-corrected chi connectivity index (χ4v) is 2.17. The Morgan fingerprint density at radius 2 is 1.94 bits per heavy atom. The summed E-state index contributed by atoms with van der Waals surface area (Å²) in [5.74, 6) is 0.0154. The van der Waals surface area contributed by atoms with E-state index in [9.17, 15) is 4.79 Å². The molecule has 1 N–H and O–H groups in total. The van der Waals surface area contributed by atoms with Gasteiger partial charge >= 0.3 is 0 Å². The van der Waals surface area contributed by atoms with Crippen molar-refractivity contribution in [3.63, 3.8) is 0 Å². The molecule has 1 amide bonds. The van der Waals surface area contributed by atoms with Gasteiger partial charge in [0.1, 0.15) is 0 Å². The van der Waals surface area contributed by atoms with Crippen LogP contribution in [0.4, 0.5) is 5.69 Å². The summed E-state index contributed by atoms with van der Waals surface area (Å²) in [4.78, 5) is 14.2. The molecule has 1 aromatic rings. The molecule has 1 heterocycles. The second-order valence-corrected chi connectivity index (χ2v) is 4.60. The number of nitrogens with zero attached hydrogens (tertiary/aromatic N) is 2. The zero-order valence-electron chi connectivity index (χ0n) is 10.5. The van der Waals surface area contributed by atoms with Gasteiger partial charge in [0.15, 0.2) is 0 Å². The van der Waals surface area contributed by atoms with Crippen molar-refractivity contribution in [3.8, 4) is 6.07 Å². The third-order valence-electron chi connectivity index (χ3n) is 3.35. The Balaban J connectivity index is 1.95. The van der Waals surface area contributed by atoms with E-state index in [4.69, 9.17) is 5.26 Å². The van der Waals surface area contributed by atoms with Crippen LogP contribution in [0.3, 0.4) is 0 Å². The standard InChI is InChI=1S/C14H17N3O/c1-11(17-8-2-3-9-17)14(18)16-13-6-4-12(10-15)5-7-13/h4-7,11H,2-3,8-9H2,1H3,(H,16,18). The molecule has 1 atom stereocenters. The van der Waals surface area contributed by atoms with Gasteiger partial charge in [-0.15, -0.1) is 0 Å². The molecule has 0 saturated carbocycles. The average Bonchev–Trinajstić information content (AvgIpc) is 2.92. The lowest BCUT2D eigenvalue weighted by Crippen LogP contribution is -2.40. The lowest BCUT2D eigenvalue weighted by molar-refractivity contribution is -0.120. The first-order valence-corrected chi connectivity index (χ1v) is 6.26. The summed E-state index contributed by atoms with van der Waals surface area (Å²) in [6.45, 7) is 3.94. The van der Waals surface area contributed by atoms with E-state index < -0.39 is 0 Å². The molecule has 1 aromatic carbocycles. The van der Waals surface area contributed by atoms with Crippen molar-refractivity contribution in [1.82, 2.24) is 4.90 Å². The third kappa shape index (κ3) is 2.88. The van der Waals surface area contributed by atoms with E-state index in [1.807, 2.05) is 6.92 Å². The number of carbonyl (C=O) groups excluding carboxylic acids is 1. The van der Waals surface area contributed by atoms with Gasteiger partial charge in [-0.2, -0.15) is 5.26 Å². The first kappa shape index (κ1) is 12.6. The smallest absolute Gasteiger partial charge is 0.241 e. The number of carbonyl (C=O) groups is 1. The van der Waals surface area contributed by atoms with Crippen LogP contribution in [-0.4, -0.2) is 29.9 Å². The fourth-order valence-electron chi connectivity index (χ4n) is 2.17. The molecule has 1 fully saturated rings. The second-order valence-electron chi connectivity index (χ2n) is 4.60. The SMILES string of the molecule is CC(C(=O)Nc1ccc(C#N)cc1)N1CCCC1. The van der Waals surface area contributed by atoms with E-state index >= 15 is 0 Å². The van der Waals surface area contributed by atoms with Crippen molar-refractivity contribution in [2.45, 2.75) is 25.8 Å². The van der Waals surface area contributed by atoms with Crippen molar-refractivity contribution >= 4 is 11.6 Å². The molecular formula is C14H17N3O. The summed E-state index contributed by atoms with van der Waals surface area (Å²) in [5, 5.41) is 11.6. The Morgan fingerprint density at radius 1 is 1.33 bits per heavy atom. The molecule has 4 heteroatoms. The Labute approximate surface area is 107 Å². The topological polar surface area (TPSA) is 56.1 Å². The number of nitrogens with one attached hydrogen (secondary N) is 1. The van der Waals surface area contributed by atoms with E-state index in [1.54, 1.807) is 24.3 Å². The van der Waals surface area contributed by atoms with Crippen molar-refractivity contribution in [1.29, 1.82) is 5.26 Å². The summed E-state index contributed by atoms with van der Waals surface area (Å²) in [6.07, 6.45) is 2.35. The maximum absolute atomic E-state index is 12.0. The van der Waals surface area contributed by atoms with Crippen LogP contribution in [0.2, 0.25) is 0 Å². The Bertz CT molecular complexity index is 455. The van der Waals surface area contributed by atoms with Crippen LogP contribution in [0, 0.1) is 11.3 Å². The monoisotopic (exact) mass is 243 g/mol. The first-order valence-electron chi connectivity index (χ1n) is 6.26. The van der Waals surface area contributed by atoms with Gasteiger partial charge in [0.05, 0.1) is 17.7 Å². The van der Waals surface area contributed by atoms with Crippen molar-refractivity contribution in [2.75, 3.05) is 18.4 Å². The van der Waals surface area contributed by atoms with E-state index in [2.05, 4.69) is 16.3 Å². The average molecular weight is 243 g/mol. The molecule has 1 aliphatic rings. The molecule has 0 radical (unpaired) electrons. The van der Waals surface area contributed by atoms with Gasteiger partial charge in [0.25, 0.3) is 0 Å². The van der Waals surface area contributed by atoms with Crippen LogP contribution >= 0.6 is 0 Å². The van der Waals surface area contributed by atoms with Gasteiger partial charge in [-0.1, -0.05) is 0 Å². The fraction of sp³-hybridized carbons (Fsp3) is 0.429. The molecule has 1 unspecified atom stereocenters. The van der Waals surface area contributed by atoms with Crippen molar-refractivity contribution < 1.29 is 4.79 Å². The van der Waals surface area contributed by atoms with Crippen LogP contribution in [0.1, 0.15) is 25.3 Å². The number of likely N-dealkylation sites (tertiary alicyclic amines) is 1. The Kier molecular flexibility index (Phi) is 3.96. The van der Waals surface area contributed by atoms with E-state index in [0.717, 1.165) is 18.8 Å². The normalized spacial score (nSPS) is 17.1. The van der Waals surface area contributed by atoms with E-state index in [1.165, 1.54) is 12.8 Å². The second kappa shape index (κ2) is 5.65. The van der Waals surface area contributed by atoms with Crippen LogP contribution in [-0.2, 0) is 4.79 Å². The molecule has 18 heavy (non-hydrogen) atoms. The van der Waals surface area contributed by atoms with Crippen LogP contribution in [0.5, 0.6) is 0 Å². The highest BCUT2D eigenvalue weighted by atomic mass is 16.2. The maximum Gasteiger partial charge on any atom is 0.241 e. The van der Waals surface area contributed by atoms with Gasteiger partial charge in [0.2, 0.25) is 5.91 Å². The zero-order valence-corrected chi connectivity index (χ0v) is 10.5. The number of hydrogen-bond donors (Lipinski definition) is 1. The molecule has 1 saturated heterocycles. The van der Waals surface area contributed by atoms with Gasteiger partial charge in [-0.25, -0.2) is 0 Å². The van der Waals surface area contributed by atoms with Gasteiger partial charge in [-0.05, 0) is 57.1 Å². The van der Waals surface area contributed by atoms with Crippen molar-refractivity contribution in [3.05, 3.63) is 29.8 Å². The molecule has 4 nitrogen and oxygen atoms in total. The molecular weight excluding hydrogens is 226 g/mol. The summed E-state index contributed by atoms with van der Waals surface area (Å²) in [6, 6.07) is 8.88. The molecule has 0 aliphatic carbocycles. The number of rotatable bonds is 3. The van der Waals surface area contributed by atoms with Gasteiger partial charge < -0.3 is 5.32 Å². The van der Waals surface area contributed by atoms with Crippen LogP contribution in [0.15, 0.2) is 24.3 Å². The van der Waals surface area contributed by atoms with Crippen LogP contribution < -0.4 is 5.32 Å². The minimum atomic E-state index is -0.0943. The molecule has 0 spiro atoms. The summed E-state index contributed by atoms with van der Waals surface area (Å²) < 4.78 is 0. The number of benzene rings is 1. The zero-order chi connectivity index (χ0) is 13.0. The summed E-state index contributed by atoms with van der Waals surface area (Å²) >= 11 is 0. The van der Waals surface area contributed by atoms with E-state index in [-0.39, 0.29) is 11.9 Å². The third-order valence-corrected chi connectivity index (χ3v) is 3.35. The lowest BCUT2D eigenvalue weighted by atomic mass is 10.2. The van der Waals surface area contributed by atoms with Gasteiger partial charge in [-0.3, -0.25) is 9.69 Å². The molecule has 1 aliphatic heterocycles. The Hall–Kier alpha value is -1.86. The van der Waals surface area contributed by atoms with E-state index in [0.29, 0.717) is 5.56 Å². The number of anilines is 1. The minimum absolute atomic E-state index is 0.0154. The Morgan fingerprint density at radius 3 is 2.50 bits per heavy atom. The first-order chi connectivity index (χ1) is 8.70. The van der Waals surface area contributed by atoms with Crippen LogP contribution in [0.25, 0.3) is 0 Å². The minimum Gasteiger partial charge on any atom is -0.325 e. The lowest BCUT2D eigenvalue weighted by Gasteiger charge is -2.22. The van der Waals surface area contributed by atoms with Crippen molar-refractivity contribution in [2.24, 2.45) is 0 Å². The number of amides is 1. The molecule has 2 rings (SSSR count). The molecule has 0 aromatic heterocycles. The largest absolute Gasteiger partial charge is 0.325 e. The summed E-state index contributed by atoms with van der Waals surface area (Å²) in [7, 11) is 0. The van der Waals surface area contributed by atoms with Gasteiger partial charge in [0, 0.05) is 5.69 Å². The maximum atomic E-state index is 12.0. The predicted molar refractivity (Wildman–Crippen MR) is 70.1 cm³/mol. The molecule has 0 bridgehead atoms.